The van der Waals surface area contributed by atoms with Crippen LogP contribution in [0.5, 0.6) is 0 Å². The fourth-order valence-corrected chi connectivity index (χ4v) is 2.93. The van der Waals surface area contributed by atoms with Crippen molar-refractivity contribution in [3.63, 3.8) is 0 Å². The van der Waals surface area contributed by atoms with Gasteiger partial charge in [-0.2, -0.15) is 0 Å². The second kappa shape index (κ2) is 6.59. The number of carboxylic acid groups (broad SMARTS) is 1. The molecule has 1 N–H and O–H groups in total. The molecule has 0 heterocycles. The van der Waals surface area contributed by atoms with Gasteiger partial charge in [0.05, 0.1) is 0 Å². The SMILES string of the molecule is CC(C(=O)O)(c1ccccc1)N(c1ccccc1)c1ccccc1. The first kappa shape index (κ1) is 15.8. The maximum atomic E-state index is 12.4. The van der Waals surface area contributed by atoms with Crippen LogP contribution in [0.4, 0.5) is 11.4 Å². The van der Waals surface area contributed by atoms with E-state index in [4.69, 9.17) is 0 Å². The Morgan fingerprint density at radius 2 is 1.12 bits per heavy atom. The standard InChI is InChI=1S/C21H19NO2/c1-21(20(23)24,17-11-5-2-6-12-17)22(18-13-7-3-8-14-18)19-15-9-4-10-16-19/h2-16H,1H3,(H,23,24). The van der Waals surface area contributed by atoms with Crippen molar-refractivity contribution in [3.05, 3.63) is 96.6 Å². The molecule has 0 radical (unpaired) electrons. The lowest BCUT2D eigenvalue weighted by molar-refractivity contribution is -0.142. The smallest absolute Gasteiger partial charge is 0.334 e. The van der Waals surface area contributed by atoms with Crippen molar-refractivity contribution in [2.24, 2.45) is 0 Å². The zero-order valence-electron chi connectivity index (χ0n) is 13.5. The van der Waals surface area contributed by atoms with Crippen LogP contribution in [0.3, 0.4) is 0 Å². The molecule has 3 rings (SSSR count). The topological polar surface area (TPSA) is 40.5 Å². The number of anilines is 2. The second-order valence-corrected chi connectivity index (χ2v) is 5.75. The molecule has 3 aromatic carbocycles. The summed E-state index contributed by atoms with van der Waals surface area (Å²) in [5.74, 6) is -0.901. The summed E-state index contributed by atoms with van der Waals surface area (Å²) in [7, 11) is 0. The Labute approximate surface area is 141 Å². The van der Waals surface area contributed by atoms with Crippen molar-refractivity contribution in [1.29, 1.82) is 0 Å². The van der Waals surface area contributed by atoms with Crippen molar-refractivity contribution >= 4 is 17.3 Å². The van der Waals surface area contributed by atoms with E-state index in [1.807, 2.05) is 95.9 Å². The Bertz CT molecular complexity index is 764. The van der Waals surface area contributed by atoms with E-state index in [0.29, 0.717) is 0 Å². The van der Waals surface area contributed by atoms with Gasteiger partial charge in [0.1, 0.15) is 0 Å². The Balaban J connectivity index is 2.25. The summed E-state index contributed by atoms with van der Waals surface area (Å²) >= 11 is 0. The van der Waals surface area contributed by atoms with Crippen molar-refractivity contribution in [2.75, 3.05) is 4.90 Å². The Morgan fingerprint density at radius 1 is 0.750 bits per heavy atom. The van der Waals surface area contributed by atoms with Gasteiger partial charge in [-0.3, -0.25) is 0 Å². The largest absolute Gasteiger partial charge is 0.479 e. The van der Waals surface area contributed by atoms with Crippen LogP contribution in [0.15, 0.2) is 91.0 Å². The van der Waals surface area contributed by atoms with Gasteiger partial charge in [-0.05, 0) is 36.8 Å². The van der Waals surface area contributed by atoms with Gasteiger partial charge in [-0.25, -0.2) is 4.79 Å². The van der Waals surface area contributed by atoms with Crippen molar-refractivity contribution < 1.29 is 9.90 Å². The molecule has 3 aromatic rings. The molecule has 3 heteroatoms. The summed E-state index contributed by atoms with van der Waals surface area (Å²) in [4.78, 5) is 14.2. The van der Waals surface area contributed by atoms with Gasteiger partial charge in [-0.1, -0.05) is 66.7 Å². The van der Waals surface area contributed by atoms with E-state index in [2.05, 4.69) is 0 Å². The minimum absolute atomic E-state index is 0.727. The number of carboxylic acids is 1. The third-order valence-corrected chi connectivity index (χ3v) is 4.23. The van der Waals surface area contributed by atoms with E-state index in [1.54, 1.807) is 6.92 Å². The van der Waals surface area contributed by atoms with Gasteiger partial charge in [0.25, 0.3) is 0 Å². The molecule has 1 atom stereocenters. The fourth-order valence-electron chi connectivity index (χ4n) is 2.93. The molecule has 0 aliphatic rings. The van der Waals surface area contributed by atoms with Gasteiger partial charge in [0.2, 0.25) is 0 Å². The molecule has 3 nitrogen and oxygen atoms in total. The first-order valence-corrected chi connectivity index (χ1v) is 7.83. The first-order chi connectivity index (χ1) is 11.6. The lowest BCUT2D eigenvalue weighted by Crippen LogP contribution is -2.47. The number of nitrogens with zero attached hydrogens (tertiary/aromatic N) is 1. The molecule has 0 aliphatic heterocycles. The van der Waals surface area contributed by atoms with Crippen LogP contribution in [0.2, 0.25) is 0 Å². The maximum Gasteiger partial charge on any atom is 0.334 e. The predicted octanol–water partition coefficient (Wildman–Crippen LogP) is 4.82. The highest BCUT2D eigenvalue weighted by Crippen LogP contribution is 2.39. The average Bonchev–Trinajstić information content (AvgIpc) is 2.64. The zero-order valence-corrected chi connectivity index (χ0v) is 13.5. The number of carbonyl (C=O) groups is 1. The molecule has 0 aliphatic carbocycles. The van der Waals surface area contributed by atoms with Crippen LogP contribution in [0.1, 0.15) is 12.5 Å². The summed E-state index contributed by atoms with van der Waals surface area (Å²) in [5.41, 5.74) is 1.16. The maximum absolute atomic E-state index is 12.4. The van der Waals surface area contributed by atoms with E-state index in [-0.39, 0.29) is 0 Å². The van der Waals surface area contributed by atoms with E-state index in [1.165, 1.54) is 0 Å². The quantitative estimate of drug-likeness (QED) is 0.733. The van der Waals surface area contributed by atoms with Gasteiger partial charge >= 0.3 is 5.97 Å². The number of para-hydroxylation sites is 2. The van der Waals surface area contributed by atoms with Crippen LogP contribution in [-0.4, -0.2) is 11.1 Å². The molecule has 0 spiro atoms. The highest BCUT2D eigenvalue weighted by atomic mass is 16.4. The zero-order chi connectivity index (χ0) is 17.0. The van der Waals surface area contributed by atoms with Crippen LogP contribution in [0, 0.1) is 0 Å². The van der Waals surface area contributed by atoms with Crippen LogP contribution in [-0.2, 0) is 10.3 Å². The number of rotatable bonds is 5. The third kappa shape index (κ3) is 2.76. The number of hydrogen-bond donors (Lipinski definition) is 1. The van der Waals surface area contributed by atoms with E-state index in [0.717, 1.165) is 16.9 Å². The Kier molecular flexibility index (Phi) is 4.34. The minimum Gasteiger partial charge on any atom is -0.479 e. The molecule has 120 valence electrons. The van der Waals surface area contributed by atoms with Gasteiger partial charge in [0, 0.05) is 11.4 Å². The summed E-state index contributed by atoms with van der Waals surface area (Å²) in [5, 5.41) is 10.1. The summed E-state index contributed by atoms with van der Waals surface area (Å²) < 4.78 is 0. The molecule has 0 aromatic heterocycles. The Hall–Kier alpha value is -3.07. The molecule has 1 unspecified atom stereocenters. The molecule has 0 fully saturated rings. The van der Waals surface area contributed by atoms with Gasteiger partial charge < -0.3 is 10.0 Å². The van der Waals surface area contributed by atoms with E-state index >= 15 is 0 Å². The van der Waals surface area contributed by atoms with Gasteiger partial charge in [-0.15, -0.1) is 0 Å². The van der Waals surface area contributed by atoms with Crippen molar-refractivity contribution in [3.8, 4) is 0 Å². The Morgan fingerprint density at radius 3 is 1.50 bits per heavy atom. The number of aliphatic carboxylic acids is 1. The third-order valence-electron chi connectivity index (χ3n) is 4.23. The van der Waals surface area contributed by atoms with E-state index in [9.17, 15) is 9.90 Å². The van der Waals surface area contributed by atoms with Crippen LogP contribution < -0.4 is 4.90 Å². The number of benzene rings is 3. The lowest BCUT2D eigenvalue weighted by Gasteiger charge is -2.40. The molecule has 0 amide bonds. The normalized spacial score (nSPS) is 13.0. The van der Waals surface area contributed by atoms with Crippen molar-refractivity contribution in [2.45, 2.75) is 12.5 Å². The molecule has 0 saturated heterocycles. The molecule has 0 saturated carbocycles. The second-order valence-electron chi connectivity index (χ2n) is 5.75. The fraction of sp³-hybridized carbons (Fsp3) is 0.0952. The summed E-state index contributed by atoms with van der Waals surface area (Å²) in [6, 6.07) is 28.5. The van der Waals surface area contributed by atoms with Crippen LogP contribution >= 0.6 is 0 Å². The highest BCUT2D eigenvalue weighted by Gasteiger charge is 2.42. The lowest BCUT2D eigenvalue weighted by atomic mass is 9.88. The molecule has 0 bridgehead atoms. The minimum atomic E-state index is -1.23. The molecular weight excluding hydrogens is 298 g/mol. The number of hydrogen-bond acceptors (Lipinski definition) is 2. The van der Waals surface area contributed by atoms with Crippen LogP contribution in [0.25, 0.3) is 0 Å². The predicted molar refractivity (Wildman–Crippen MR) is 96.5 cm³/mol. The molecular formula is C21H19NO2. The summed E-state index contributed by atoms with van der Waals surface area (Å²) in [6.07, 6.45) is 0. The molecule has 24 heavy (non-hydrogen) atoms. The van der Waals surface area contributed by atoms with E-state index < -0.39 is 11.5 Å². The first-order valence-electron chi connectivity index (χ1n) is 7.83. The summed E-state index contributed by atoms with van der Waals surface area (Å²) in [6.45, 7) is 1.74. The highest BCUT2D eigenvalue weighted by molar-refractivity contribution is 5.88. The van der Waals surface area contributed by atoms with Crippen molar-refractivity contribution in [1.82, 2.24) is 0 Å². The van der Waals surface area contributed by atoms with Gasteiger partial charge in [0.15, 0.2) is 5.54 Å². The average molecular weight is 317 g/mol. The monoisotopic (exact) mass is 317 g/mol.